The van der Waals surface area contributed by atoms with Crippen molar-refractivity contribution in [1.29, 1.82) is 0 Å². The van der Waals surface area contributed by atoms with Crippen molar-refractivity contribution in [2.75, 3.05) is 0 Å². The Morgan fingerprint density at radius 3 is 2.76 bits per heavy atom. The minimum Gasteiger partial charge on any atom is -0.486 e. The predicted octanol–water partition coefficient (Wildman–Crippen LogP) is 3.10. The highest BCUT2D eigenvalue weighted by Gasteiger charge is 2.42. The van der Waals surface area contributed by atoms with Gasteiger partial charge in [-0.1, -0.05) is 5.16 Å². The molecular formula is C13H14FNO2. The van der Waals surface area contributed by atoms with Gasteiger partial charge in [0.15, 0.2) is 0 Å². The van der Waals surface area contributed by atoms with Crippen LogP contribution in [0.15, 0.2) is 23.4 Å². The molecule has 2 aliphatic rings. The third-order valence-electron chi connectivity index (χ3n) is 3.70. The summed E-state index contributed by atoms with van der Waals surface area (Å²) in [6.07, 6.45) is 4.79. The van der Waals surface area contributed by atoms with Crippen molar-refractivity contribution in [3.05, 3.63) is 29.6 Å². The SMILES string of the molecule is ON=C1CC2(CCCC2)Oc2ccc(F)cc21. The molecule has 1 heterocycles. The van der Waals surface area contributed by atoms with Gasteiger partial charge in [-0.05, 0) is 43.9 Å². The van der Waals surface area contributed by atoms with Gasteiger partial charge in [0.1, 0.15) is 17.2 Å². The fourth-order valence-corrected chi connectivity index (χ4v) is 2.87. The van der Waals surface area contributed by atoms with E-state index in [4.69, 9.17) is 9.94 Å². The summed E-state index contributed by atoms with van der Waals surface area (Å²) in [7, 11) is 0. The Labute approximate surface area is 98.9 Å². The number of oxime groups is 1. The monoisotopic (exact) mass is 235 g/mol. The lowest BCUT2D eigenvalue weighted by atomic mass is 9.88. The fourth-order valence-electron chi connectivity index (χ4n) is 2.87. The van der Waals surface area contributed by atoms with Gasteiger partial charge in [0, 0.05) is 12.0 Å². The number of fused-ring (bicyclic) bond motifs is 1. The van der Waals surface area contributed by atoms with E-state index in [-0.39, 0.29) is 11.4 Å². The second-order valence-electron chi connectivity index (χ2n) is 4.86. The summed E-state index contributed by atoms with van der Waals surface area (Å²) in [5.74, 6) is 0.295. The number of benzene rings is 1. The van der Waals surface area contributed by atoms with Gasteiger partial charge in [-0.2, -0.15) is 0 Å². The Hall–Kier alpha value is -1.58. The topological polar surface area (TPSA) is 41.8 Å². The van der Waals surface area contributed by atoms with Crippen LogP contribution in [0.4, 0.5) is 4.39 Å². The average Bonchev–Trinajstić information content (AvgIpc) is 2.77. The zero-order chi connectivity index (χ0) is 11.9. The van der Waals surface area contributed by atoms with Crippen molar-refractivity contribution in [3.8, 4) is 5.75 Å². The van der Waals surface area contributed by atoms with E-state index < -0.39 is 0 Å². The highest BCUT2D eigenvalue weighted by molar-refractivity contribution is 6.04. The third-order valence-corrected chi connectivity index (χ3v) is 3.70. The van der Waals surface area contributed by atoms with Gasteiger partial charge in [0.05, 0.1) is 5.71 Å². The molecular weight excluding hydrogens is 221 g/mol. The standard InChI is InChI=1S/C13H14FNO2/c14-9-3-4-12-10(7-9)11(15-16)8-13(17-12)5-1-2-6-13/h3-4,7,16H,1-2,5-6,8H2. The van der Waals surface area contributed by atoms with E-state index in [0.717, 1.165) is 25.7 Å². The van der Waals surface area contributed by atoms with Gasteiger partial charge in [-0.15, -0.1) is 0 Å². The third kappa shape index (κ3) is 1.68. The Balaban J connectivity index is 2.06. The van der Waals surface area contributed by atoms with Crippen LogP contribution in [0.2, 0.25) is 0 Å². The van der Waals surface area contributed by atoms with E-state index in [0.29, 0.717) is 23.4 Å². The summed E-state index contributed by atoms with van der Waals surface area (Å²) in [6, 6.07) is 4.36. The van der Waals surface area contributed by atoms with Crippen molar-refractivity contribution in [2.24, 2.45) is 5.16 Å². The Bertz CT molecular complexity index is 478. The summed E-state index contributed by atoms with van der Waals surface area (Å²) in [5, 5.41) is 12.4. The van der Waals surface area contributed by atoms with Crippen molar-refractivity contribution in [3.63, 3.8) is 0 Å². The fraction of sp³-hybridized carbons (Fsp3) is 0.462. The van der Waals surface area contributed by atoms with Gasteiger partial charge in [-0.3, -0.25) is 0 Å². The summed E-state index contributed by atoms with van der Waals surface area (Å²) in [5.41, 5.74) is 0.879. The zero-order valence-corrected chi connectivity index (χ0v) is 9.45. The first-order valence-corrected chi connectivity index (χ1v) is 5.92. The summed E-state index contributed by atoms with van der Waals surface area (Å²) < 4.78 is 19.2. The molecule has 1 N–H and O–H groups in total. The van der Waals surface area contributed by atoms with Gasteiger partial charge >= 0.3 is 0 Å². The van der Waals surface area contributed by atoms with Crippen LogP contribution < -0.4 is 4.74 Å². The molecule has 17 heavy (non-hydrogen) atoms. The Morgan fingerprint density at radius 1 is 1.29 bits per heavy atom. The van der Waals surface area contributed by atoms with Gasteiger partial charge in [-0.25, -0.2) is 4.39 Å². The van der Waals surface area contributed by atoms with Crippen LogP contribution in [0.25, 0.3) is 0 Å². The van der Waals surface area contributed by atoms with E-state index in [1.807, 2.05) is 0 Å². The van der Waals surface area contributed by atoms with Gasteiger partial charge < -0.3 is 9.94 Å². The van der Waals surface area contributed by atoms with E-state index in [9.17, 15) is 4.39 Å². The van der Waals surface area contributed by atoms with Crippen LogP contribution >= 0.6 is 0 Å². The van der Waals surface area contributed by atoms with Crippen LogP contribution in [-0.4, -0.2) is 16.5 Å². The van der Waals surface area contributed by atoms with Gasteiger partial charge in [0.25, 0.3) is 0 Å². The Kier molecular flexibility index (Phi) is 2.31. The number of rotatable bonds is 0. The summed E-state index contributed by atoms with van der Waals surface area (Å²) >= 11 is 0. The number of ether oxygens (including phenoxy) is 1. The van der Waals surface area contributed by atoms with Gasteiger partial charge in [0.2, 0.25) is 0 Å². The smallest absolute Gasteiger partial charge is 0.129 e. The first kappa shape index (κ1) is 10.6. The molecule has 3 rings (SSSR count). The van der Waals surface area contributed by atoms with E-state index >= 15 is 0 Å². The molecule has 0 aromatic heterocycles. The number of nitrogens with zero attached hydrogens (tertiary/aromatic N) is 1. The normalized spacial score (nSPS) is 23.7. The number of halogens is 1. The van der Waals surface area contributed by atoms with Crippen LogP contribution in [0, 0.1) is 5.82 Å². The number of hydrogen-bond donors (Lipinski definition) is 1. The highest BCUT2D eigenvalue weighted by Crippen LogP contribution is 2.43. The predicted molar refractivity (Wildman–Crippen MR) is 61.2 cm³/mol. The van der Waals surface area contributed by atoms with E-state index in [2.05, 4.69) is 5.16 Å². The minimum absolute atomic E-state index is 0.230. The molecule has 3 nitrogen and oxygen atoms in total. The van der Waals surface area contributed by atoms with Crippen LogP contribution in [0.3, 0.4) is 0 Å². The molecule has 1 aromatic rings. The molecule has 0 atom stereocenters. The van der Waals surface area contributed by atoms with Crippen molar-refractivity contribution in [1.82, 2.24) is 0 Å². The zero-order valence-electron chi connectivity index (χ0n) is 9.45. The molecule has 0 amide bonds. The first-order chi connectivity index (χ1) is 8.22. The molecule has 90 valence electrons. The maximum Gasteiger partial charge on any atom is 0.129 e. The Morgan fingerprint density at radius 2 is 2.06 bits per heavy atom. The molecule has 1 saturated carbocycles. The number of hydrogen-bond acceptors (Lipinski definition) is 3. The largest absolute Gasteiger partial charge is 0.486 e. The van der Waals surface area contributed by atoms with Crippen LogP contribution in [0.1, 0.15) is 37.7 Å². The van der Waals surface area contributed by atoms with E-state index in [1.54, 1.807) is 6.07 Å². The van der Waals surface area contributed by atoms with E-state index in [1.165, 1.54) is 12.1 Å². The minimum atomic E-state index is -0.337. The molecule has 0 unspecified atom stereocenters. The maximum atomic E-state index is 13.2. The molecule has 0 bridgehead atoms. The average molecular weight is 235 g/mol. The molecule has 1 aliphatic heterocycles. The molecule has 1 aliphatic carbocycles. The lowest BCUT2D eigenvalue weighted by molar-refractivity contribution is 0.0766. The molecule has 4 heteroatoms. The summed E-state index contributed by atoms with van der Waals surface area (Å²) in [4.78, 5) is 0. The molecule has 1 aromatic carbocycles. The second kappa shape index (κ2) is 3.72. The van der Waals surface area contributed by atoms with Crippen LogP contribution in [-0.2, 0) is 0 Å². The first-order valence-electron chi connectivity index (χ1n) is 5.92. The van der Waals surface area contributed by atoms with Crippen LogP contribution in [0.5, 0.6) is 5.75 Å². The quantitative estimate of drug-likeness (QED) is 0.554. The summed E-state index contributed by atoms with van der Waals surface area (Å²) in [6.45, 7) is 0. The lowest BCUT2D eigenvalue weighted by Crippen LogP contribution is -2.39. The molecule has 0 radical (unpaired) electrons. The lowest BCUT2D eigenvalue weighted by Gasteiger charge is -2.35. The highest BCUT2D eigenvalue weighted by atomic mass is 19.1. The van der Waals surface area contributed by atoms with Crippen molar-refractivity contribution < 1.29 is 14.3 Å². The van der Waals surface area contributed by atoms with Crippen molar-refractivity contribution in [2.45, 2.75) is 37.7 Å². The molecule has 1 fully saturated rings. The maximum absolute atomic E-state index is 13.2. The second-order valence-corrected chi connectivity index (χ2v) is 4.86. The molecule has 1 spiro atoms. The molecule has 0 saturated heterocycles. The van der Waals surface area contributed by atoms with Crippen molar-refractivity contribution >= 4 is 5.71 Å².